The van der Waals surface area contributed by atoms with E-state index in [0.717, 1.165) is 5.52 Å². The molecule has 3 aromatic rings. The van der Waals surface area contributed by atoms with Gasteiger partial charge in [-0.3, -0.25) is 4.79 Å². The van der Waals surface area contributed by atoms with Crippen molar-refractivity contribution in [3.8, 4) is 0 Å². The molecule has 3 rings (SSSR count). The van der Waals surface area contributed by atoms with Gasteiger partial charge in [-0.05, 0) is 30.7 Å². The molecular weight excluding hydrogens is 334 g/mol. The molecule has 5 nitrogen and oxygen atoms in total. The summed E-state index contributed by atoms with van der Waals surface area (Å²) in [5.74, 6) is 0.325. The number of anilines is 1. The second kappa shape index (κ2) is 7.02. The van der Waals surface area contributed by atoms with E-state index in [0.29, 0.717) is 28.1 Å². The van der Waals surface area contributed by atoms with Crippen LogP contribution in [0.5, 0.6) is 0 Å². The number of aromatic nitrogens is 2. The topological polar surface area (TPSA) is 68.0 Å². The van der Waals surface area contributed by atoms with Gasteiger partial charge in [0.05, 0.1) is 10.3 Å². The summed E-state index contributed by atoms with van der Waals surface area (Å²) in [6.45, 7) is 1.94. The van der Waals surface area contributed by atoms with Crippen molar-refractivity contribution in [2.24, 2.45) is 0 Å². The van der Waals surface area contributed by atoms with Gasteiger partial charge >= 0.3 is 0 Å². The number of halogens is 1. The first-order valence-electron chi connectivity index (χ1n) is 7.10. The fraction of sp³-hybridized carbons (Fsp3) is 0.188. The molecule has 1 aromatic carbocycles. The summed E-state index contributed by atoms with van der Waals surface area (Å²) >= 11 is 7.09. The Morgan fingerprint density at radius 3 is 2.87 bits per heavy atom. The number of thioether (sulfide) groups is 1. The lowest BCUT2D eigenvalue weighted by molar-refractivity contribution is -0.115. The van der Waals surface area contributed by atoms with E-state index in [-0.39, 0.29) is 11.2 Å². The highest BCUT2D eigenvalue weighted by molar-refractivity contribution is 8.00. The van der Waals surface area contributed by atoms with Gasteiger partial charge in [0.2, 0.25) is 5.91 Å². The zero-order valence-electron chi connectivity index (χ0n) is 12.3. The van der Waals surface area contributed by atoms with Gasteiger partial charge in [0.25, 0.3) is 5.22 Å². The van der Waals surface area contributed by atoms with Crippen LogP contribution >= 0.6 is 23.4 Å². The average Bonchev–Trinajstić information content (AvgIpc) is 2.97. The van der Waals surface area contributed by atoms with E-state index in [4.69, 9.17) is 16.0 Å². The third kappa shape index (κ3) is 3.83. The fourth-order valence-electron chi connectivity index (χ4n) is 2.00. The first-order chi connectivity index (χ1) is 11.2. The maximum Gasteiger partial charge on any atom is 0.257 e. The van der Waals surface area contributed by atoms with Gasteiger partial charge in [-0.25, -0.2) is 9.97 Å². The maximum atomic E-state index is 12.4. The van der Waals surface area contributed by atoms with Crippen LogP contribution in [0.1, 0.15) is 13.3 Å². The normalized spacial score (nSPS) is 12.3. The fourth-order valence-corrected chi connectivity index (χ4v) is 2.98. The Morgan fingerprint density at radius 1 is 1.35 bits per heavy atom. The van der Waals surface area contributed by atoms with Crippen molar-refractivity contribution in [3.05, 3.63) is 47.6 Å². The number of para-hydroxylation sites is 2. The molecule has 0 bridgehead atoms. The van der Waals surface area contributed by atoms with Crippen molar-refractivity contribution in [3.63, 3.8) is 0 Å². The van der Waals surface area contributed by atoms with Crippen LogP contribution in [0.3, 0.4) is 0 Å². The van der Waals surface area contributed by atoms with Gasteiger partial charge < -0.3 is 9.73 Å². The smallest absolute Gasteiger partial charge is 0.257 e. The first kappa shape index (κ1) is 15.8. The molecule has 0 fully saturated rings. The van der Waals surface area contributed by atoms with E-state index >= 15 is 0 Å². The third-order valence-corrected chi connectivity index (χ3v) is 4.59. The minimum Gasteiger partial charge on any atom is -0.431 e. The molecule has 0 aliphatic heterocycles. The van der Waals surface area contributed by atoms with Crippen LogP contribution in [0, 0.1) is 0 Å². The number of nitrogens with zero attached hydrogens (tertiary/aromatic N) is 2. The van der Waals surface area contributed by atoms with E-state index in [1.54, 1.807) is 12.1 Å². The van der Waals surface area contributed by atoms with Crippen molar-refractivity contribution >= 4 is 46.2 Å². The molecule has 0 aliphatic carbocycles. The second-order valence-electron chi connectivity index (χ2n) is 4.81. The van der Waals surface area contributed by atoms with Gasteiger partial charge in [0.15, 0.2) is 5.58 Å². The molecule has 2 heterocycles. The number of carbonyl (C=O) groups excluding carboxylic acids is 1. The summed E-state index contributed by atoms with van der Waals surface area (Å²) in [6.07, 6.45) is 2.13. The number of amides is 1. The van der Waals surface area contributed by atoms with Crippen molar-refractivity contribution in [1.82, 2.24) is 9.97 Å². The monoisotopic (exact) mass is 347 g/mol. The SMILES string of the molecule is CCC(Sc1nc2ccccc2o1)C(=O)Nc1ccc(Cl)cn1. The summed E-state index contributed by atoms with van der Waals surface area (Å²) in [4.78, 5) is 20.8. The number of oxazole rings is 1. The largest absolute Gasteiger partial charge is 0.431 e. The molecule has 0 aliphatic rings. The zero-order valence-corrected chi connectivity index (χ0v) is 13.9. The molecule has 0 saturated carbocycles. The van der Waals surface area contributed by atoms with E-state index < -0.39 is 0 Å². The zero-order chi connectivity index (χ0) is 16.2. The van der Waals surface area contributed by atoms with Gasteiger partial charge in [-0.1, -0.05) is 42.4 Å². The molecule has 1 unspecified atom stereocenters. The molecule has 0 radical (unpaired) electrons. The summed E-state index contributed by atoms with van der Waals surface area (Å²) in [5, 5.41) is 3.46. The van der Waals surface area contributed by atoms with Crippen LogP contribution in [0.15, 0.2) is 52.2 Å². The standard InChI is InChI=1S/C16H14ClN3O2S/c1-2-13(15(21)20-14-8-7-10(17)9-18-14)23-16-19-11-5-3-4-6-12(11)22-16/h3-9,13H,2H2,1H3,(H,18,20,21). The number of pyridine rings is 1. The number of hydrogen-bond donors (Lipinski definition) is 1. The number of nitrogens with one attached hydrogen (secondary N) is 1. The number of hydrogen-bond acceptors (Lipinski definition) is 5. The highest BCUT2D eigenvalue weighted by Gasteiger charge is 2.21. The quantitative estimate of drug-likeness (QED) is 0.693. The molecule has 118 valence electrons. The Kier molecular flexibility index (Phi) is 4.83. The van der Waals surface area contributed by atoms with Crippen molar-refractivity contribution in [2.45, 2.75) is 23.8 Å². The minimum absolute atomic E-state index is 0.144. The Morgan fingerprint density at radius 2 is 2.17 bits per heavy atom. The lowest BCUT2D eigenvalue weighted by Gasteiger charge is -2.12. The minimum atomic E-state index is -0.319. The second-order valence-corrected chi connectivity index (χ2v) is 6.40. The summed E-state index contributed by atoms with van der Waals surface area (Å²) < 4.78 is 5.66. The Labute approximate surface area is 142 Å². The van der Waals surface area contributed by atoms with Gasteiger partial charge in [0.1, 0.15) is 11.3 Å². The van der Waals surface area contributed by atoms with Gasteiger partial charge in [-0.15, -0.1) is 0 Å². The number of rotatable bonds is 5. The maximum absolute atomic E-state index is 12.4. The molecule has 1 N–H and O–H groups in total. The summed E-state index contributed by atoms with van der Waals surface area (Å²) in [5.41, 5.74) is 1.49. The number of fused-ring (bicyclic) bond motifs is 1. The van der Waals surface area contributed by atoms with Crippen molar-refractivity contribution in [2.75, 3.05) is 5.32 Å². The van der Waals surface area contributed by atoms with Crippen LogP contribution in [0.4, 0.5) is 5.82 Å². The lowest BCUT2D eigenvalue weighted by atomic mass is 10.3. The van der Waals surface area contributed by atoms with E-state index in [1.807, 2.05) is 31.2 Å². The lowest BCUT2D eigenvalue weighted by Crippen LogP contribution is -2.25. The predicted octanol–water partition coefficient (Wildman–Crippen LogP) is 4.39. The average molecular weight is 348 g/mol. The summed E-state index contributed by atoms with van der Waals surface area (Å²) in [7, 11) is 0. The van der Waals surface area contributed by atoms with Crippen molar-refractivity contribution in [1.29, 1.82) is 0 Å². The Hall–Kier alpha value is -2.05. The highest BCUT2D eigenvalue weighted by Crippen LogP contribution is 2.28. The van der Waals surface area contributed by atoms with Crippen LogP contribution < -0.4 is 5.32 Å². The van der Waals surface area contributed by atoms with Gasteiger partial charge in [-0.2, -0.15) is 0 Å². The molecule has 7 heteroatoms. The molecule has 1 amide bonds. The summed E-state index contributed by atoms with van der Waals surface area (Å²) in [6, 6.07) is 10.9. The molecule has 0 saturated heterocycles. The van der Waals surface area contributed by atoms with Crippen LogP contribution in [0.2, 0.25) is 5.02 Å². The molecule has 1 atom stereocenters. The van der Waals surface area contributed by atoms with E-state index in [9.17, 15) is 4.79 Å². The third-order valence-electron chi connectivity index (χ3n) is 3.16. The van der Waals surface area contributed by atoms with Crippen LogP contribution in [0.25, 0.3) is 11.1 Å². The highest BCUT2D eigenvalue weighted by atomic mass is 35.5. The first-order valence-corrected chi connectivity index (χ1v) is 8.36. The Balaban J connectivity index is 1.71. The number of benzene rings is 1. The van der Waals surface area contributed by atoms with Crippen molar-refractivity contribution < 1.29 is 9.21 Å². The van der Waals surface area contributed by atoms with Crippen LogP contribution in [-0.2, 0) is 4.79 Å². The van der Waals surface area contributed by atoms with Crippen LogP contribution in [-0.4, -0.2) is 21.1 Å². The number of carbonyl (C=O) groups is 1. The molecule has 2 aromatic heterocycles. The molecule has 0 spiro atoms. The molecule has 23 heavy (non-hydrogen) atoms. The van der Waals surface area contributed by atoms with Gasteiger partial charge in [0, 0.05) is 6.20 Å². The Bertz CT molecular complexity index is 787. The van der Waals surface area contributed by atoms with E-state index in [1.165, 1.54) is 18.0 Å². The predicted molar refractivity (Wildman–Crippen MR) is 91.8 cm³/mol. The molecular formula is C16H14ClN3O2S. The van der Waals surface area contributed by atoms with E-state index in [2.05, 4.69) is 15.3 Å².